The van der Waals surface area contributed by atoms with Crippen LogP contribution in [0.15, 0.2) is 42.5 Å². The molecule has 20 heavy (non-hydrogen) atoms. The van der Waals surface area contributed by atoms with Gasteiger partial charge in [0.05, 0.1) is 0 Å². The lowest BCUT2D eigenvalue weighted by Gasteiger charge is -2.20. The van der Waals surface area contributed by atoms with E-state index in [0.29, 0.717) is 6.04 Å². The highest BCUT2D eigenvalue weighted by atomic mass is 32.2. The minimum absolute atomic E-state index is 0.452. The molecule has 0 fully saturated rings. The maximum absolute atomic E-state index is 3.65. The molecule has 0 heterocycles. The van der Waals surface area contributed by atoms with Crippen molar-refractivity contribution in [2.45, 2.75) is 32.7 Å². The van der Waals surface area contributed by atoms with E-state index < -0.39 is 0 Å². The highest BCUT2D eigenvalue weighted by molar-refractivity contribution is 7.99. The first-order chi connectivity index (χ1) is 9.86. The fourth-order valence-electron chi connectivity index (χ4n) is 2.51. The molecule has 1 N–H and O–H groups in total. The van der Waals surface area contributed by atoms with Gasteiger partial charge in [0.2, 0.25) is 0 Å². The van der Waals surface area contributed by atoms with Gasteiger partial charge in [-0.3, -0.25) is 0 Å². The molecule has 0 spiro atoms. The monoisotopic (exact) mass is 287 g/mol. The quantitative estimate of drug-likeness (QED) is 0.684. The van der Waals surface area contributed by atoms with Gasteiger partial charge in [-0.2, -0.15) is 11.8 Å². The third-order valence-corrected chi connectivity index (χ3v) is 4.72. The Labute approximate surface area is 127 Å². The van der Waals surface area contributed by atoms with Crippen LogP contribution in [0.25, 0.3) is 10.8 Å². The Morgan fingerprint density at radius 3 is 2.65 bits per heavy atom. The van der Waals surface area contributed by atoms with Crippen molar-refractivity contribution in [1.82, 2.24) is 5.32 Å². The molecular formula is C18H25NS. The molecular weight excluding hydrogens is 262 g/mol. The molecule has 0 amide bonds. The van der Waals surface area contributed by atoms with Gasteiger partial charge >= 0.3 is 0 Å². The number of fused-ring (bicyclic) bond motifs is 1. The van der Waals surface area contributed by atoms with E-state index in [0.717, 1.165) is 12.3 Å². The summed E-state index contributed by atoms with van der Waals surface area (Å²) in [6, 6.07) is 15.8. The second-order valence-electron chi connectivity index (χ2n) is 5.11. The van der Waals surface area contributed by atoms with E-state index >= 15 is 0 Å². The van der Waals surface area contributed by atoms with Gasteiger partial charge in [0.15, 0.2) is 0 Å². The summed E-state index contributed by atoms with van der Waals surface area (Å²) in [5.74, 6) is 2.42. The van der Waals surface area contributed by atoms with Crippen LogP contribution in [-0.2, 0) is 0 Å². The van der Waals surface area contributed by atoms with E-state index in [-0.39, 0.29) is 0 Å². The van der Waals surface area contributed by atoms with Crippen molar-refractivity contribution in [3.8, 4) is 0 Å². The standard InChI is InChI=1S/C18H25NS/c1-3-5-13-20-14-18(19-4-2)17-12-8-10-15-9-6-7-11-16(15)17/h6-12,18-19H,3-5,13-14H2,1-2H3. The Balaban J connectivity index is 2.18. The molecule has 2 rings (SSSR count). The number of hydrogen-bond donors (Lipinski definition) is 1. The molecule has 0 aliphatic carbocycles. The summed E-state index contributed by atoms with van der Waals surface area (Å²) in [7, 11) is 0. The molecule has 2 heteroatoms. The smallest absolute Gasteiger partial charge is 0.0417 e. The number of rotatable bonds is 8. The zero-order valence-corrected chi connectivity index (χ0v) is 13.4. The van der Waals surface area contributed by atoms with E-state index in [1.165, 1.54) is 34.9 Å². The summed E-state index contributed by atoms with van der Waals surface area (Å²) in [5.41, 5.74) is 1.44. The van der Waals surface area contributed by atoms with Gasteiger partial charge < -0.3 is 5.32 Å². The molecule has 1 unspecified atom stereocenters. The van der Waals surface area contributed by atoms with Crippen LogP contribution < -0.4 is 5.32 Å². The van der Waals surface area contributed by atoms with E-state index in [4.69, 9.17) is 0 Å². The Morgan fingerprint density at radius 2 is 1.85 bits per heavy atom. The van der Waals surface area contributed by atoms with E-state index in [9.17, 15) is 0 Å². The Bertz CT molecular complexity index is 518. The average Bonchev–Trinajstić information content (AvgIpc) is 2.50. The Kier molecular flexibility index (Phi) is 6.41. The number of benzene rings is 2. The SMILES string of the molecule is CCCCSCC(NCC)c1cccc2ccccc12. The minimum Gasteiger partial charge on any atom is -0.309 e. The highest BCUT2D eigenvalue weighted by Crippen LogP contribution is 2.27. The van der Waals surface area contributed by atoms with E-state index in [2.05, 4.69) is 73.4 Å². The summed E-state index contributed by atoms with van der Waals surface area (Å²) < 4.78 is 0. The van der Waals surface area contributed by atoms with Gasteiger partial charge in [0, 0.05) is 11.8 Å². The number of nitrogens with one attached hydrogen (secondary N) is 1. The lowest BCUT2D eigenvalue weighted by Crippen LogP contribution is -2.23. The summed E-state index contributed by atoms with van der Waals surface area (Å²) >= 11 is 2.07. The van der Waals surface area contributed by atoms with Gasteiger partial charge in [0.25, 0.3) is 0 Å². The van der Waals surface area contributed by atoms with E-state index in [1.54, 1.807) is 0 Å². The van der Waals surface area contributed by atoms with Crippen molar-refractivity contribution < 1.29 is 0 Å². The van der Waals surface area contributed by atoms with Crippen molar-refractivity contribution in [3.63, 3.8) is 0 Å². The van der Waals surface area contributed by atoms with Gasteiger partial charge in [-0.25, -0.2) is 0 Å². The van der Waals surface area contributed by atoms with Crippen LogP contribution in [0.2, 0.25) is 0 Å². The predicted octanol–water partition coefficient (Wildman–Crippen LogP) is 5.02. The van der Waals surface area contributed by atoms with Crippen molar-refractivity contribution in [3.05, 3.63) is 48.0 Å². The topological polar surface area (TPSA) is 12.0 Å². The van der Waals surface area contributed by atoms with Crippen molar-refractivity contribution in [1.29, 1.82) is 0 Å². The van der Waals surface area contributed by atoms with Crippen LogP contribution in [0.3, 0.4) is 0 Å². The third-order valence-electron chi connectivity index (χ3n) is 3.58. The van der Waals surface area contributed by atoms with Gasteiger partial charge in [0.1, 0.15) is 0 Å². The Morgan fingerprint density at radius 1 is 1.05 bits per heavy atom. The maximum Gasteiger partial charge on any atom is 0.0417 e. The zero-order valence-electron chi connectivity index (χ0n) is 12.6. The lowest BCUT2D eigenvalue weighted by atomic mass is 9.99. The average molecular weight is 287 g/mol. The van der Waals surface area contributed by atoms with E-state index in [1.807, 2.05) is 0 Å². The maximum atomic E-state index is 3.65. The molecule has 0 saturated heterocycles. The first-order valence-electron chi connectivity index (χ1n) is 7.65. The molecule has 0 aromatic heterocycles. The van der Waals surface area contributed by atoms with Crippen molar-refractivity contribution >= 4 is 22.5 Å². The normalized spacial score (nSPS) is 12.7. The van der Waals surface area contributed by atoms with Gasteiger partial charge in [-0.05, 0) is 35.1 Å². The summed E-state index contributed by atoms with van der Waals surface area (Å²) in [4.78, 5) is 0. The zero-order chi connectivity index (χ0) is 14.2. The molecule has 0 radical (unpaired) electrons. The molecule has 0 bridgehead atoms. The molecule has 0 aliphatic heterocycles. The van der Waals surface area contributed by atoms with Gasteiger partial charge in [-0.1, -0.05) is 62.7 Å². The number of hydrogen-bond acceptors (Lipinski definition) is 2. The van der Waals surface area contributed by atoms with Crippen LogP contribution in [0, 0.1) is 0 Å². The second-order valence-corrected chi connectivity index (χ2v) is 6.26. The van der Waals surface area contributed by atoms with Crippen LogP contribution >= 0.6 is 11.8 Å². The first kappa shape index (κ1) is 15.4. The van der Waals surface area contributed by atoms with Crippen LogP contribution in [0.4, 0.5) is 0 Å². The summed E-state index contributed by atoms with van der Waals surface area (Å²) in [6.45, 7) is 5.46. The number of unbranched alkanes of at least 4 members (excludes halogenated alkanes) is 1. The lowest BCUT2D eigenvalue weighted by molar-refractivity contribution is 0.609. The molecule has 108 valence electrons. The number of thioether (sulfide) groups is 1. The third kappa shape index (κ3) is 4.00. The summed E-state index contributed by atoms with van der Waals surface area (Å²) in [6.07, 6.45) is 2.60. The molecule has 2 aromatic carbocycles. The largest absolute Gasteiger partial charge is 0.309 e. The molecule has 1 nitrogen and oxygen atoms in total. The van der Waals surface area contributed by atoms with Crippen LogP contribution in [-0.4, -0.2) is 18.1 Å². The molecule has 0 aliphatic rings. The first-order valence-corrected chi connectivity index (χ1v) is 8.81. The fourth-order valence-corrected chi connectivity index (χ4v) is 3.70. The predicted molar refractivity (Wildman–Crippen MR) is 92.6 cm³/mol. The molecule has 2 aromatic rings. The molecule has 1 atom stereocenters. The summed E-state index contributed by atoms with van der Waals surface area (Å²) in [5, 5.41) is 6.37. The van der Waals surface area contributed by atoms with Crippen LogP contribution in [0.1, 0.15) is 38.3 Å². The highest BCUT2D eigenvalue weighted by Gasteiger charge is 2.12. The Hall–Kier alpha value is -0.990. The van der Waals surface area contributed by atoms with Crippen molar-refractivity contribution in [2.75, 3.05) is 18.1 Å². The molecule has 0 saturated carbocycles. The van der Waals surface area contributed by atoms with Crippen LogP contribution in [0.5, 0.6) is 0 Å². The van der Waals surface area contributed by atoms with Gasteiger partial charge in [-0.15, -0.1) is 0 Å². The van der Waals surface area contributed by atoms with Crippen molar-refractivity contribution in [2.24, 2.45) is 0 Å². The fraction of sp³-hybridized carbons (Fsp3) is 0.444. The second kappa shape index (κ2) is 8.33. The minimum atomic E-state index is 0.452.